The fourth-order valence-electron chi connectivity index (χ4n) is 4.92. The first-order valence-electron chi connectivity index (χ1n) is 12.7. The second kappa shape index (κ2) is 14.6. The summed E-state index contributed by atoms with van der Waals surface area (Å²) in [5.41, 5.74) is 3.47. The van der Waals surface area contributed by atoms with E-state index in [2.05, 4.69) is 0 Å². The van der Waals surface area contributed by atoms with Crippen molar-refractivity contribution >= 4 is 11.9 Å². The van der Waals surface area contributed by atoms with Crippen molar-refractivity contribution in [2.45, 2.75) is 59.0 Å². The number of carbonyl (C=O) groups excluding carboxylic acids is 2. The summed E-state index contributed by atoms with van der Waals surface area (Å²) in [4.78, 5) is 24.2. The Balaban J connectivity index is 2.40. The maximum absolute atomic E-state index is 11.9. The number of carbonyl (C=O) groups is 2. The first kappa shape index (κ1) is 31.0. The van der Waals surface area contributed by atoms with Crippen molar-refractivity contribution in [1.29, 1.82) is 0 Å². The number of nitrogens with one attached hydrogen (secondary N) is 2. The molecular formula is C27H38N2O9. The molecule has 0 saturated carbocycles. The number of aliphatic hydroxyl groups is 3. The molecule has 0 amide bonds. The van der Waals surface area contributed by atoms with Gasteiger partial charge in [0.25, 0.3) is 0 Å². The highest BCUT2D eigenvalue weighted by Crippen LogP contribution is 2.25. The summed E-state index contributed by atoms with van der Waals surface area (Å²) in [6, 6.07) is 4.81. The average molecular weight is 535 g/mol. The zero-order chi connectivity index (χ0) is 28.4. The Hall–Kier alpha value is -3.22. The number of aliphatic hydroxyl groups excluding tert-OH is 3. The number of rotatable bonds is 16. The molecule has 2 aromatic carbocycles. The molecule has 0 saturated heterocycles. The maximum Gasteiger partial charge on any atom is 0.151 e. The Morgan fingerprint density at radius 2 is 1.55 bits per heavy atom. The minimum Gasteiger partial charge on any atom is -0.544 e. The molecule has 0 spiro atoms. The van der Waals surface area contributed by atoms with Crippen molar-refractivity contribution in [2.24, 2.45) is 0 Å². The molecule has 210 valence electrons. The van der Waals surface area contributed by atoms with Gasteiger partial charge in [-0.1, -0.05) is 26.0 Å². The summed E-state index contributed by atoms with van der Waals surface area (Å²) in [6.45, 7) is 2.31. The third-order valence-corrected chi connectivity index (χ3v) is 6.95. The van der Waals surface area contributed by atoms with E-state index in [1.807, 2.05) is 13.8 Å². The molecule has 2 aromatic rings. The van der Waals surface area contributed by atoms with E-state index in [0.717, 1.165) is 5.56 Å². The summed E-state index contributed by atoms with van der Waals surface area (Å²) in [5, 5.41) is 73.5. The molecule has 0 aliphatic rings. The third-order valence-electron chi connectivity index (χ3n) is 6.95. The number of aromatic hydroxyl groups is 2. The number of hydrogen-bond acceptors (Lipinski definition) is 9. The van der Waals surface area contributed by atoms with Gasteiger partial charge in [0.2, 0.25) is 0 Å². The number of aliphatic carboxylic acids is 2. The van der Waals surface area contributed by atoms with Gasteiger partial charge >= 0.3 is 0 Å². The van der Waals surface area contributed by atoms with Gasteiger partial charge in [0.1, 0.15) is 56.8 Å². The van der Waals surface area contributed by atoms with Gasteiger partial charge in [-0.05, 0) is 47.2 Å². The lowest BCUT2D eigenvalue weighted by Crippen LogP contribution is -3.22. The monoisotopic (exact) mass is 534 g/mol. The molecule has 11 heteroatoms. The summed E-state index contributed by atoms with van der Waals surface area (Å²) < 4.78 is 0. The van der Waals surface area contributed by atoms with E-state index in [0.29, 0.717) is 50.5 Å². The number of carboxylic acids is 2. The molecule has 0 bridgehead atoms. The largest absolute Gasteiger partial charge is 0.544 e. The van der Waals surface area contributed by atoms with Gasteiger partial charge in [0, 0.05) is 0 Å². The van der Waals surface area contributed by atoms with Gasteiger partial charge in [-0.2, -0.15) is 0 Å². The molecule has 0 aliphatic heterocycles. The van der Waals surface area contributed by atoms with Crippen LogP contribution < -0.4 is 20.0 Å². The van der Waals surface area contributed by atoms with Crippen LogP contribution in [-0.4, -0.2) is 69.8 Å². The molecule has 38 heavy (non-hydrogen) atoms. The van der Waals surface area contributed by atoms with Gasteiger partial charge in [-0.15, -0.1) is 0 Å². The summed E-state index contributed by atoms with van der Waals surface area (Å²) in [5.74, 6) is -2.97. The van der Waals surface area contributed by atoms with E-state index < -0.39 is 31.1 Å². The summed E-state index contributed by atoms with van der Waals surface area (Å²) in [7, 11) is 0. The number of phenolic OH excluding ortho intramolecular Hbond substituents is 2. The predicted octanol–water partition coefficient (Wildman–Crippen LogP) is -4.46. The van der Waals surface area contributed by atoms with E-state index in [1.54, 1.807) is 12.1 Å². The van der Waals surface area contributed by atoms with Crippen LogP contribution in [0.25, 0.3) is 0 Å². The number of aryl methyl sites for hydroxylation is 1. The molecule has 7 N–H and O–H groups in total. The number of hydrogen-bond donors (Lipinski definition) is 7. The zero-order valence-electron chi connectivity index (χ0n) is 21.8. The normalized spacial score (nSPS) is 13.7. The van der Waals surface area contributed by atoms with Crippen LogP contribution in [0.4, 0.5) is 0 Å². The average Bonchev–Trinajstić information content (AvgIpc) is 2.88. The molecule has 0 heterocycles. The lowest BCUT2D eigenvalue weighted by atomic mass is 9.97. The molecule has 11 nitrogen and oxygen atoms in total. The van der Waals surface area contributed by atoms with E-state index >= 15 is 0 Å². The lowest BCUT2D eigenvalue weighted by molar-refractivity contribution is -0.977. The molecule has 2 rings (SSSR count). The fraction of sp³-hybridized carbons (Fsp3) is 0.481. The fourth-order valence-corrected chi connectivity index (χ4v) is 4.92. The van der Waals surface area contributed by atoms with Crippen molar-refractivity contribution in [2.75, 3.05) is 26.2 Å². The Morgan fingerprint density at radius 1 is 0.842 bits per heavy atom. The third kappa shape index (κ3) is 7.89. The minimum atomic E-state index is -1.50. The Morgan fingerprint density at radius 3 is 2.08 bits per heavy atom. The molecule has 0 aromatic heterocycles. The number of quaternary nitrogens is 2. The van der Waals surface area contributed by atoms with Crippen molar-refractivity contribution in [3.63, 3.8) is 0 Å². The Labute approximate surface area is 221 Å². The lowest BCUT2D eigenvalue weighted by Gasteiger charge is -2.31. The number of benzene rings is 2. The quantitative estimate of drug-likeness (QED) is 0.111. The zero-order valence-corrected chi connectivity index (χ0v) is 21.8. The molecule has 3 unspecified atom stereocenters. The van der Waals surface area contributed by atoms with Crippen molar-refractivity contribution in [3.8, 4) is 11.5 Å². The number of carboxylic acid groups (broad SMARTS) is 2. The second-order valence-corrected chi connectivity index (χ2v) is 9.34. The first-order valence-corrected chi connectivity index (χ1v) is 12.7. The molecular weight excluding hydrogens is 496 g/mol. The predicted molar refractivity (Wildman–Crippen MR) is 132 cm³/mol. The topological polar surface area (TPSA) is 190 Å². The molecule has 3 atom stereocenters. The van der Waals surface area contributed by atoms with Gasteiger partial charge in [-0.25, -0.2) is 0 Å². The van der Waals surface area contributed by atoms with Crippen LogP contribution in [0.1, 0.15) is 47.2 Å². The van der Waals surface area contributed by atoms with E-state index in [4.69, 9.17) is 0 Å². The standard InChI is InChI=1S/C27H38N2O9/c1-3-18-9-17(14-30)10-25(34)21(18)11-28(13-26(35)36)7-8-29(23(16-32)27(37)38)12-22-20(4-2)19(15-31)5-6-24(22)33/h5-6,9-10,23,30-34H,3-4,7-8,11-16H2,1-2H3,(H,35,36)(H,37,38). The Kier molecular flexibility index (Phi) is 11.9. The van der Waals surface area contributed by atoms with Gasteiger partial charge in [0.05, 0.1) is 30.3 Å². The summed E-state index contributed by atoms with van der Waals surface area (Å²) >= 11 is 0. The molecule has 0 radical (unpaired) electrons. The van der Waals surface area contributed by atoms with Crippen LogP contribution >= 0.6 is 0 Å². The van der Waals surface area contributed by atoms with Crippen molar-refractivity contribution < 1.29 is 55.1 Å². The highest BCUT2D eigenvalue weighted by Gasteiger charge is 2.28. The Bertz CT molecular complexity index is 1110. The summed E-state index contributed by atoms with van der Waals surface area (Å²) in [6.07, 6.45) is 0.997. The van der Waals surface area contributed by atoms with Gasteiger partial charge in [-0.3, -0.25) is 0 Å². The van der Waals surface area contributed by atoms with Crippen LogP contribution in [0.3, 0.4) is 0 Å². The second-order valence-electron chi connectivity index (χ2n) is 9.34. The molecule has 0 aliphatic carbocycles. The van der Waals surface area contributed by atoms with Crippen LogP contribution in [-0.2, 0) is 48.7 Å². The van der Waals surface area contributed by atoms with E-state index in [1.165, 1.54) is 12.1 Å². The maximum atomic E-state index is 11.9. The van der Waals surface area contributed by atoms with Crippen LogP contribution in [0.2, 0.25) is 0 Å². The van der Waals surface area contributed by atoms with Crippen LogP contribution in [0.15, 0.2) is 24.3 Å². The smallest absolute Gasteiger partial charge is 0.151 e. The highest BCUT2D eigenvalue weighted by atomic mass is 16.4. The highest BCUT2D eigenvalue weighted by molar-refractivity contribution is 5.69. The molecule has 0 fully saturated rings. The minimum absolute atomic E-state index is 0.0166. The first-order chi connectivity index (χ1) is 18.1. The number of phenols is 2. The van der Waals surface area contributed by atoms with E-state index in [-0.39, 0.29) is 50.9 Å². The van der Waals surface area contributed by atoms with Crippen molar-refractivity contribution in [3.05, 3.63) is 57.6 Å². The van der Waals surface area contributed by atoms with Gasteiger partial charge in [0.15, 0.2) is 6.04 Å². The van der Waals surface area contributed by atoms with Crippen molar-refractivity contribution in [1.82, 2.24) is 0 Å². The van der Waals surface area contributed by atoms with E-state index in [9.17, 15) is 45.3 Å². The van der Waals surface area contributed by atoms with Gasteiger partial charge < -0.3 is 55.1 Å². The SMILES string of the molecule is CCc1cc(CO)cc(O)c1C[NH+](CC[NH+](Cc1c(O)ccc(CO)c1CC)C(CO)C(=O)[O-])CC(=O)[O-]. The van der Waals surface area contributed by atoms with Crippen LogP contribution in [0, 0.1) is 0 Å². The van der Waals surface area contributed by atoms with Crippen LogP contribution in [0.5, 0.6) is 11.5 Å².